The van der Waals surface area contributed by atoms with E-state index in [-0.39, 0.29) is 0 Å². The first-order valence-corrected chi connectivity index (χ1v) is 6.59. The van der Waals surface area contributed by atoms with Gasteiger partial charge in [0.2, 0.25) is 0 Å². The van der Waals surface area contributed by atoms with Crippen molar-refractivity contribution in [3.63, 3.8) is 0 Å². The Balaban J connectivity index is 1.90. The van der Waals surface area contributed by atoms with Crippen molar-refractivity contribution >= 4 is 0 Å². The van der Waals surface area contributed by atoms with Gasteiger partial charge in [0.05, 0.1) is 0 Å². The van der Waals surface area contributed by atoms with Gasteiger partial charge in [-0.2, -0.15) is 0 Å². The van der Waals surface area contributed by atoms with E-state index in [0.29, 0.717) is 17.8 Å². The van der Waals surface area contributed by atoms with E-state index in [4.69, 9.17) is 0 Å². The van der Waals surface area contributed by atoms with Gasteiger partial charge in [-0.3, -0.25) is 4.98 Å². The summed E-state index contributed by atoms with van der Waals surface area (Å²) in [5.74, 6) is 0.314. The number of nitrogens with one attached hydrogen (secondary N) is 1. The van der Waals surface area contributed by atoms with Gasteiger partial charge in [-0.1, -0.05) is 12.1 Å². The van der Waals surface area contributed by atoms with E-state index < -0.39 is 0 Å². The van der Waals surface area contributed by atoms with Crippen molar-refractivity contribution in [2.75, 3.05) is 0 Å². The van der Waals surface area contributed by atoms with Gasteiger partial charge in [-0.15, -0.1) is 0 Å². The summed E-state index contributed by atoms with van der Waals surface area (Å²) in [6.07, 6.45) is 4.58. The molecule has 0 saturated carbocycles. The Labute approximate surface area is 114 Å². The largest absolute Gasteiger partial charge is 0.508 e. The standard InChI is InChI=1S/C16H20N2O/c1-12(11-14-3-5-16(19)6-4-14)18-13(2)15-7-9-17-10-8-15/h3-10,12-13,18-19H,11H2,1-2H3. The van der Waals surface area contributed by atoms with E-state index in [1.165, 1.54) is 11.1 Å². The molecule has 0 radical (unpaired) electrons. The molecule has 3 heteroatoms. The third kappa shape index (κ3) is 4.07. The summed E-state index contributed by atoms with van der Waals surface area (Å²) in [7, 11) is 0. The number of pyridine rings is 1. The van der Waals surface area contributed by atoms with Crippen molar-refractivity contribution in [3.8, 4) is 5.75 Å². The summed E-state index contributed by atoms with van der Waals surface area (Å²) in [5.41, 5.74) is 2.47. The Kier molecular flexibility index (Phi) is 4.53. The molecule has 0 aliphatic rings. The summed E-state index contributed by atoms with van der Waals surface area (Å²) in [6, 6.07) is 12.1. The Morgan fingerprint density at radius 3 is 2.32 bits per heavy atom. The Hall–Kier alpha value is -1.87. The van der Waals surface area contributed by atoms with Gasteiger partial charge in [-0.05, 0) is 55.7 Å². The van der Waals surface area contributed by atoms with E-state index >= 15 is 0 Å². The van der Waals surface area contributed by atoms with Crippen LogP contribution < -0.4 is 5.32 Å². The maximum atomic E-state index is 9.26. The molecule has 1 heterocycles. The molecule has 0 bridgehead atoms. The van der Waals surface area contributed by atoms with Gasteiger partial charge < -0.3 is 10.4 Å². The molecule has 2 aromatic rings. The van der Waals surface area contributed by atoms with Crippen LogP contribution in [0.2, 0.25) is 0 Å². The fraction of sp³-hybridized carbons (Fsp3) is 0.312. The quantitative estimate of drug-likeness (QED) is 0.864. The highest BCUT2D eigenvalue weighted by molar-refractivity contribution is 5.26. The lowest BCUT2D eigenvalue weighted by molar-refractivity contribution is 0.470. The zero-order valence-electron chi connectivity index (χ0n) is 11.4. The number of hydrogen-bond donors (Lipinski definition) is 2. The maximum absolute atomic E-state index is 9.26. The van der Waals surface area contributed by atoms with Crippen LogP contribution in [0.5, 0.6) is 5.75 Å². The van der Waals surface area contributed by atoms with Crippen LogP contribution in [0.4, 0.5) is 0 Å². The lowest BCUT2D eigenvalue weighted by Crippen LogP contribution is -2.30. The fourth-order valence-electron chi connectivity index (χ4n) is 2.22. The minimum absolute atomic E-state index is 0.301. The molecule has 0 saturated heterocycles. The molecule has 2 rings (SSSR count). The average molecular weight is 256 g/mol. The zero-order valence-corrected chi connectivity index (χ0v) is 11.4. The molecule has 0 amide bonds. The van der Waals surface area contributed by atoms with E-state index in [0.717, 1.165) is 6.42 Å². The van der Waals surface area contributed by atoms with Crippen LogP contribution in [0.25, 0.3) is 0 Å². The second-order valence-electron chi connectivity index (χ2n) is 4.94. The van der Waals surface area contributed by atoms with Crippen molar-refractivity contribution in [1.29, 1.82) is 0 Å². The van der Waals surface area contributed by atoms with Crippen LogP contribution in [0, 0.1) is 0 Å². The van der Waals surface area contributed by atoms with Gasteiger partial charge in [0.15, 0.2) is 0 Å². The number of benzene rings is 1. The smallest absolute Gasteiger partial charge is 0.115 e. The molecule has 0 fully saturated rings. The summed E-state index contributed by atoms with van der Waals surface area (Å²) in [6.45, 7) is 4.33. The third-order valence-corrected chi connectivity index (χ3v) is 3.22. The summed E-state index contributed by atoms with van der Waals surface area (Å²) in [4.78, 5) is 4.03. The molecule has 3 nitrogen and oxygen atoms in total. The van der Waals surface area contributed by atoms with Crippen LogP contribution in [-0.2, 0) is 6.42 Å². The second-order valence-corrected chi connectivity index (χ2v) is 4.94. The first-order valence-electron chi connectivity index (χ1n) is 6.59. The van der Waals surface area contributed by atoms with Gasteiger partial charge in [0.1, 0.15) is 5.75 Å². The van der Waals surface area contributed by atoms with Gasteiger partial charge in [0.25, 0.3) is 0 Å². The fourth-order valence-corrected chi connectivity index (χ4v) is 2.22. The number of aromatic hydroxyl groups is 1. The number of rotatable bonds is 5. The molecule has 1 aromatic heterocycles. The molecule has 2 atom stereocenters. The van der Waals surface area contributed by atoms with Crippen LogP contribution >= 0.6 is 0 Å². The topological polar surface area (TPSA) is 45.1 Å². The SMILES string of the molecule is CC(Cc1ccc(O)cc1)NC(C)c1ccncc1. The lowest BCUT2D eigenvalue weighted by Gasteiger charge is -2.20. The highest BCUT2D eigenvalue weighted by Gasteiger charge is 2.09. The van der Waals surface area contributed by atoms with E-state index in [1.54, 1.807) is 12.1 Å². The Bertz CT molecular complexity index is 496. The molecule has 2 N–H and O–H groups in total. The molecular formula is C16H20N2O. The van der Waals surface area contributed by atoms with Crippen molar-refractivity contribution in [2.24, 2.45) is 0 Å². The van der Waals surface area contributed by atoms with Crippen LogP contribution in [0.3, 0.4) is 0 Å². The number of phenols is 1. The van der Waals surface area contributed by atoms with Crippen molar-refractivity contribution in [2.45, 2.75) is 32.4 Å². The van der Waals surface area contributed by atoms with E-state index in [9.17, 15) is 5.11 Å². The summed E-state index contributed by atoms with van der Waals surface area (Å²) in [5, 5.41) is 12.8. The molecule has 19 heavy (non-hydrogen) atoms. The summed E-state index contributed by atoms with van der Waals surface area (Å²) >= 11 is 0. The molecule has 1 aromatic carbocycles. The molecule has 2 unspecified atom stereocenters. The first kappa shape index (κ1) is 13.6. The average Bonchev–Trinajstić information content (AvgIpc) is 2.42. The van der Waals surface area contributed by atoms with Gasteiger partial charge >= 0.3 is 0 Å². The first-order chi connectivity index (χ1) is 9.15. The molecule has 0 spiro atoms. The molecule has 0 aliphatic heterocycles. The highest BCUT2D eigenvalue weighted by Crippen LogP contribution is 2.14. The normalized spacial score (nSPS) is 14.0. The number of phenolic OH excluding ortho intramolecular Hbond substituents is 1. The Morgan fingerprint density at radius 2 is 1.68 bits per heavy atom. The van der Waals surface area contributed by atoms with E-state index in [2.05, 4.69) is 24.1 Å². The van der Waals surface area contributed by atoms with Crippen molar-refractivity contribution < 1.29 is 5.11 Å². The number of aromatic nitrogens is 1. The third-order valence-electron chi connectivity index (χ3n) is 3.22. The molecule has 100 valence electrons. The molecular weight excluding hydrogens is 236 g/mol. The number of nitrogens with zero attached hydrogens (tertiary/aromatic N) is 1. The van der Waals surface area contributed by atoms with Gasteiger partial charge in [-0.25, -0.2) is 0 Å². The Morgan fingerprint density at radius 1 is 1.05 bits per heavy atom. The minimum atomic E-state index is 0.301. The van der Waals surface area contributed by atoms with Crippen molar-refractivity contribution in [1.82, 2.24) is 10.3 Å². The monoisotopic (exact) mass is 256 g/mol. The highest BCUT2D eigenvalue weighted by atomic mass is 16.3. The summed E-state index contributed by atoms with van der Waals surface area (Å²) < 4.78 is 0. The predicted molar refractivity (Wildman–Crippen MR) is 77.1 cm³/mol. The molecule has 0 aliphatic carbocycles. The van der Waals surface area contributed by atoms with Gasteiger partial charge in [0, 0.05) is 24.5 Å². The zero-order chi connectivity index (χ0) is 13.7. The van der Waals surface area contributed by atoms with Crippen LogP contribution in [0.1, 0.15) is 31.0 Å². The number of hydrogen-bond acceptors (Lipinski definition) is 3. The van der Waals surface area contributed by atoms with Crippen molar-refractivity contribution in [3.05, 3.63) is 59.9 Å². The van der Waals surface area contributed by atoms with Crippen LogP contribution in [-0.4, -0.2) is 16.1 Å². The van der Waals surface area contributed by atoms with E-state index in [1.807, 2.05) is 36.7 Å². The second kappa shape index (κ2) is 6.34. The predicted octanol–water partition coefficient (Wildman–Crippen LogP) is 3.07. The van der Waals surface area contributed by atoms with Crippen LogP contribution in [0.15, 0.2) is 48.8 Å². The lowest BCUT2D eigenvalue weighted by atomic mass is 10.0. The maximum Gasteiger partial charge on any atom is 0.115 e. The minimum Gasteiger partial charge on any atom is -0.508 e.